The Balaban J connectivity index is 1.38. The van der Waals surface area contributed by atoms with Gasteiger partial charge >= 0.3 is 0 Å². The largest absolute Gasteiger partial charge is 0.469 e. The van der Waals surface area contributed by atoms with Crippen LogP contribution in [0.5, 0.6) is 0 Å². The Morgan fingerprint density at radius 1 is 1.35 bits per heavy atom. The lowest BCUT2D eigenvalue weighted by atomic mass is 9.93. The van der Waals surface area contributed by atoms with E-state index in [2.05, 4.69) is 12.2 Å². The number of rotatable bonds is 4. The van der Waals surface area contributed by atoms with E-state index in [0.29, 0.717) is 5.92 Å². The van der Waals surface area contributed by atoms with E-state index < -0.39 is 0 Å². The first kappa shape index (κ1) is 14.4. The third kappa shape index (κ3) is 2.98. The number of amides is 1. The average Bonchev–Trinajstić information content (AvgIpc) is 2.97. The lowest BCUT2D eigenvalue weighted by molar-refractivity contribution is -0.117. The fraction of sp³-hybridized carbons (Fsp3) is 0.421. The summed E-state index contributed by atoms with van der Waals surface area (Å²) < 4.78 is 11.2. The minimum absolute atomic E-state index is 0.0501. The molecule has 1 saturated carbocycles. The highest BCUT2D eigenvalue weighted by Gasteiger charge is 2.36. The summed E-state index contributed by atoms with van der Waals surface area (Å²) in [4.78, 5) is 12.2. The topological polar surface area (TPSA) is 55.4 Å². The zero-order chi connectivity index (χ0) is 15.8. The van der Waals surface area contributed by atoms with Gasteiger partial charge < -0.3 is 14.2 Å². The Kier molecular flexibility index (Phi) is 3.60. The summed E-state index contributed by atoms with van der Waals surface area (Å²) in [7, 11) is 0. The Morgan fingerprint density at radius 3 is 3.04 bits per heavy atom. The molecule has 2 aromatic heterocycles. The van der Waals surface area contributed by atoms with E-state index in [-0.39, 0.29) is 11.9 Å². The maximum atomic E-state index is 12.2. The molecular weight excluding hydrogens is 290 g/mol. The molecule has 0 aliphatic heterocycles. The van der Waals surface area contributed by atoms with E-state index in [1.807, 2.05) is 18.2 Å². The molecule has 0 saturated heterocycles. The Hall–Kier alpha value is -2.23. The van der Waals surface area contributed by atoms with Crippen molar-refractivity contribution in [2.75, 3.05) is 0 Å². The van der Waals surface area contributed by atoms with E-state index >= 15 is 0 Å². The van der Waals surface area contributed by atoms with E-state index in [0.717, 1.165) is 48.0 Å². The minimum atomic E-state index is -0.0956. The monoisotopic (exact) mass is 311 g/mol. The van der Waals surface area contributed by atoms with Gasteiger partial charge in [0.05, 0.1) is 12.3 Å². The van der Waals surface area contributed by atoms with Crippen LogP contribution in [0.2, 0.25) is 0 Å². The van der Waals surface area contributed by atoms with Crippen LogP contribution in [0.3, 0.4) is 0 Å². The van der Waals surface area contributed by atoms with Gasteiger partial charge in [-0.2, -0.15) is 0 Å². The molecule has 3 unspecified atom stereocenters. The fourth-order valence-corrected chi connectivity index (χ4v) is 3.39. The van der Waals surface area contributed by atoms with Crippen LogP contribution in [0.15, 0.2) is 39.4 Å². The first-order valence-electron chi connectivity index (χ1n) is 8.35. The number of hydrogen-bond donors (Lipinski definition) is 1. The molecule has 2 aliphatic rings. The lowest BCUT2D eigenvalue weighted by Crippen LogP contribution is -2.28. The van der Waals surface area contributed by atoms with Crippen molar-refractivity contribution in [3.05, 3.63) is 53.4 Å². The first-order chi connectivity index (χ1) is 11.2. The first-order valence-corrected chi connectivity index (χ1v) is 8.35. The normalized spacial score (nSPS) is 26.2. The Morgan fingerprint density at radius 2 is 2.22 bits per heavy atom. The summed E-state index contributed by atoms with van der Waals surface area (Å²) in [5.41, 5.74) is 1.11. The predicted molar refractivity (Wildman–Crippen MR) is 86.8 cm³/mol. The summed E-state index contributed by atoms with van der Waals surface area (Å²) in [6, 6.07) is 5.96. The quantitative estimate of drug-likeness (QED) is 0.861. The van der Waals surface area contributed by atoms with Crippen molar-refractivity contribution >= 4 is 12.0 Å². The van der Waals surface area contributed by atoms with Gasteiger partial charge in [-0.15, -0.1) is 0 Å². The third-order valence-electron chi connectivity index (χ3n) is 4.89. The molecule has 4 nitrogen and oxygen atoms in total. The number of nitrogens with one attached hydrogen (secondary N) is 1. The molecule has 1 amide bonds. The van der Waals surface area contributed by atoms with Gasteiger partial charge in [-0.05, 0) is 49.5 Å². The van der Waals surface area contributed by atoms with Crippen molar-refractivity contribution in [2.45, 2.75) is 44.6 Å². The predicted octanol–water partition coefficient (Wildman–Crippen LogP) is 4.20. The van der Waals surface area contributed by atoms with E-state index in [1.165, 1.54) is 6.42 Å². The van der Waals surface area contributed by atoms with Crippen LogP contribution in [0.25, 0.3) is 6.08 Å². The number of hydrogen-bond acceptors (Lipinski definition) is 3. The lowest BCUT2D eigenvalue weighted by Gasteiger charge is -2.21. The van der Waals surface area contributed by atoms with Gasteiger partial charge in [-0.25, -0.2) is 0 Å². The van der Waals surface area contributed by atoms with E-state index in [1.54, 1.807) is 18.4 Å². The molecule has 2 aromatic rings. The second-order valence-electron chi connectivity index (χ2n) is 6.65. The molecule has 2 heterocycles. The molecule has 1 N–H and O–H groups in total. The van der Waals surface area contributed by atoms with Gasteiger partial charge in [0.1, 0.15) is 17.3 Å². The van der Waals surface area contributed by atoms with Crippen LogP contribution in [0.1, 0.15) is 61.0 Å². The number of carbonyl (C=O) groups excluding carboxylic acids is 1. The molecule has 2 aliphatic carbocycles. The Bertz CT molecular complexity index is 739. The minimum Gasteiger partial charge on any atom is -0.469 e. The number of aryl methyl sites for hydroxylation is 1. The summed E-state index contributed by atoms with van der Waals surface area (Å²) in [5, 5.41) is 3.05. The third-order valence-corrected chi connectivity index (χ3v) is 4.89. The fourth-order valence-electron chi connectivity index (χ4n) is 3.39. The smallest absolute Gasteiger partial charge is 0.244 e. The summed E-state index contributed by atoms with van der Waals surface area (Å²) in [5.74, 6) is 3.96. The summed E-state index contributed by atoms with van der Waals surface area (Å²) in [6.07, 6.45) is 9.14. The zero-order valence-electron chi connectivity index (χ0n) is 13.2. The highest BCUT2D eigenvalue weighted by atomic mass is 16.3. The molecule has 4 rings (SSSR count). The van der Waals surface area contributed by atoms with Gasteiger partial charge in [0.15, 0.2) is 0 Å². The highest BCUT2D eigenvalue weighted by molar-refractivity contribution is 5.91. The van der Waals surface area contributed by atoms with Crippen molar-refractivity contribution in [1.82, 2.24) is 5.32 Å². The van der Waals surface area contributed by atoms with Crippen LogP contribution in [-0.2, 0) is 11.2 Å². The van der Waals surface area contributed by atoms with E-state index in [9.17, 15) is 4.79 Å². The van der Waals surface area contributed by atoms with Crippen LogP contribution >= 0.6 is 0 Å². The van der Waals surface area contributed by atoms with Gasteiger partial charge in [0, 0.05) is 24.0 Å². The molecule has 4 heteroatoms. The van der Waals surface area contributed by atoms with Crippen molar-refractivity contribution in [2.24, 2.45) is 5.92 Å². The van der Waals surface area contributed by atoms with Gasteiger partial charge in [0.25, 0.3) is 0 Å². The highest BCUT2D eigenvalue weighted by Crippen LogP contribution is 2.47. The van der Waals surface area contributed by atoms with Crippen LogP contribution < -0.4 is 5.32 Å². The molecule has 23 heavy (non-hydrogen) atoms. The summed E-state index contributed by atoms with van der Waals surface area (Å²) >= 11 is 0. The number of fused-ring (bicyclic) bond motifs is 1. The standard InChI is InChI=1S/C19H21NO3/c1-12-11-15(12)18-7-5-13(23-18)6-8-19(21)20-16-3-2-4-17-14(16)9-10-22-17/h5-10,12,15-16H,2-4,11H2,1H3,(H,20,21). The van der Waals surface area contributed by atoms with Crippen molar-refractivity contribution in [3.8, 4) is 0 Å². The van der Waals surface area contributed by atoms with E-state index in [4.69, 9.17) is 8.83 Å². The van der Waals surface area contributed by atoms with Gasteiger partial charge in [0.2, 0.25) is 5.91 Å². The second kappa shape index (κ2) is 5.76. The van der Waals surface area contributed by atoms with Crippen LogP contribution in [0, 0.1) is 5.92 Å². The summed E-state index contributed by atoms with van der Waals surface area (Å²) in [6.45, 7) is 2.23. The molecule has 1 fully saturated rings. The number of furan rings is 2. The molecular formula is C19H21NO3. The molecule has 0 aromatic carbocycles. The number of carbonyl (C=O) groups is 1. The molecule has 0 spiro atoms. The molecule has 0 radical (unpaired) electrons. The van der Waals surface area contributed by atoms with Crippen LogP contribution in [-0.4, -0.2) is 5.91 Å². The van der Waals surface area contributed by atoms with Gasteiger partial charge in [-0.1, -0.05) is 6.92 Å². The maximum absolute atomic E-state index is 12.2. The molecule has 120 valence electrons. The average molecular weight is 311 g/mol. The maximum Gasteiger partial charge on any atom is 0.244 e. The Labute approximate surface area is 135 Å². The second-order valence-corrected chi connectivity index (χ2v) is 6.65. The van der Waals surface area contributed by atoms with Crippen LogP contribution in [0.4, 0.5) is 0 Å². The molecule has 0 bridgehead atoms. The van der Waals surface area contributed by atoms with Crippen molar-refractivity contribution in [1.29, 1.82) is 0 Å². The van der Waals surface area contributed by atoms with Gasteiger partial charge in [-0.3, -0.25) is 4.79 Å². The molecule has 3 atom stereocenters. The van der Waals surface area contributed by atoms with Crippen molar-refractivity contribution in [3.63, 3.8) is 0 Å². The zero-order valence-corrected chi connectivity index (χ0v) is 13.2. The van der Waals surface area contributed by atoms with Crippen molar-refractivity contribution < 1.29 is 13.6 Å². The SMILES string of the molecule is CC1CC1c1ccc(C=CC(=O)NC2CCCc3occc32)o1.